The van der Waals surface area contributed by atoms with E-state index in [1.165, 1.54) is 4.90 Å². The predicted molar refractivity (Wildman–Crippen MR) is 90.6 cm³/mol. The Bertz CT molecular complexity index is 596. The van der Waals surface area contributed by atoms with Gasteiger partial charge in [0.1, 0.15) is 12.1 Å². The van der Waals surface area contributed by atoms with Crippen molar-refractivity contribution in [1.82, 2.24) is 10.2 Å². The van der Waals surface area contributed by atoms with Crippen LogP contribution in [-0.2, 0) is 11.3 Å². The van der Waals surface area contributed by atoms with Gasteiger partial charge in [-0.2, -0.15) is 0 Å². The van der Waals surface area contributed by atoms with Gasteiger partial charge in [0.15, 0.2) is 6.67 Å². The van der Waals surface area contributed by atoms with Gasteiger partial charge in [-0.15, -0.1) is 11.3 Å². The zero-order valence-corrected chi connectivity index (χ0v) is 14.9. The number of hydrogen-bond acceptors (Lipinski definition) is 3. The van der Waals surface area contributed by atoms with E-state index in [9.17, 15) is 9.59 Å². The number of quaternary nitrogens is 1. The third-order valence-corrected chi connectivity index (χ3v) is 5.97. The zero-order chi connectivity index (χ0) is 16.4. The summed E-state index contributed by atoms with van der Waals surface area (Å²) in [6.45, 7) is 1.14. The molecule has 0 radical (unpaired) electrons. The molecular formula is C16H23ClN3O2S+. The molecule has 1 saturated carbocycles. The van der Waals surface area contributed by atoms with Crippen LogP contribution in [0, 0.1) is 0 Å². The minimum absolute atomic E-state index is 0.0343. The second-order valence-corrected chi connectivity index (χ2v) is 8.46. The maximum absolute atomic E-state index is 12.8. The van der Waals surface area contributed by atoms with Crippen LogP contribution in [0.1, 0.15) is 43.4 Å². The summed E-state index contributed by atoms with van der Waals surface area (Å²) in [5, 5.41) is 2.99. The van der Waals surface area contributed by atoms with Crippen LogP contribution >= 0.6 is 22.9 Å². The highest BCUT2D eigenvalue weighted by molar-refractivity contribution is 7.16. The van der Waals surface area contributed by atoms with Gasteiger partial charge in [0, 0.05) is 0 Å². The maximum Gasteiger partial charge on any atom is 0.329 e. The van der Waals surface area contributed by atoms with Crippen LogP contribution < -0.4 is 10.2 Å². The molecular weight excluding hydrogens is 334 g/mol. The van der Waals surface area contributed by atoms with Crippen LogP contribution in [0.2, 0.25) is 4.34 Å². The third-order valence-electron chi connectivity index (χ3n) is 4.74. The number of amides is 3. The standard InChI is InChI=1S/C16H22ClN3O2S/c1-19(10-12-6-7-13(17)23-12)11-20-14(21)16(18-15(20)22)8-4-2-3-5-9-16/h6-7H,2-5,8-11H2,1H3,(H,18,22)/p+1. The molecule has 2 N–H and O–H groups in total. The third kappa shape index (κ3) is 3.54. The Kier molecular flexibility index (Phi) is 4.94. The molecule has 1 saturated heterocycles. The molecule has 1 aliphatic carbocycles. The monoisotopic (exact) mass is 356 g/mol. The SMILES string of the molecule is C[NH+](Cc1ccc(Cl)s1)CN1C(=O)NC2(CCCCCC2)C1=O. The number of urea groups is 1. The van der Waals surface area contributed by atoms with Gasteiger partial charge in [0.2, 0.25) is 0 Å². The highest BCUT2D eigenvalue weighted by atomic mass is 35.5. The van der Waals surface area contributed by atoms with Crippen molar-refractivity contribution in [3.63, 3.8) is 0 Å². The minimum atomic E-state index is -0.639. The molecule has 2 aliphatic rings. The predicted octanol–water partition coefficient (Wildman–Crippen LogP) is 2.02. The first-order valence-electron chi connectivity index (χ1n) is 8.20. The first-order valence-corrected chi connectivity index (χ1v) is 9.39. The van der Waals surface area contributed by atoms with Gasteiger partial charge in [-0.25, -0.2) is 9.69 Å². The fourth-order valence-electron chi connectivity index (χ4n) is 3.56. The van der Waals surface area contributed by atoms with E-state index in [0.717, 1.165) is 59.2 Å². The molecule has 1 atom stereocenters. The second kappa shape index (κ2) is 6.79. The van der Waals surface area contributed by atoms with Crippen LogP contribution in [0.3, 0.4) is 0 Å². The highest BCUT2D eigenvalue weighted by Gasteiger charge is 2.51. The lowest BCUT2D eigenvalue weighted by atomic mass is 9.90. The molecule has 126 valence electrons. The summed E-state index contributed by atoms with van der Waals surface area (Å²) in [5.41, 5.74) is -0.639. The number of halogens is 1. The number of rotatable bonds is 4. The van der Waals surface area contributed by atoms with Gasteiger partial charge in [0.25, 0.3) is 5.91 Å². The average molecular weight is 357 g/mol. The van der Waals surface area contributed by atoms with Gasteiger partial charge in [0.05, 0.1) is 16.3 Å². The van der Waals surface area contributed by atoms with E-state index in [0.29, 0.717) is 6.67 Å². The maximum atomic E-state index is 12.8. The Morgan fingerprint density at radius 3 is 2.57 bits per heavy atom. The molecule has 3 amide bonds. The summed E-state index contributed by atoms with van der Waals surface area (Å²) in [4.78, 5) is 28.8. The normalized spacial score (nSPS) is 22.3. The number of carbonyl (C=O) groups excluding carboxylic acids is 2. The van der Waals surface area contributed by atoms with E-state index in [1.807, 2.05) is 19.2 Å². The van der Waals surface area contributed by atoms with Crippen LogP contribution in [0.5, 0.6) is 0 Å². The Morgan fingerprint density at radius 1 is 1.26 bits per heavy atom. The fraction of sp³-hybridized carbons (Fsp3) is 0.625. The zero-order valence-electron chi connectivity index (χ0n) is 13.4. The van der Waals surface area contributed by atoms with E-state index in [-0.39, 0.29) is 11.9 Å². The van der Waals surface area contributed by atoms with E-state index >= 15 is 0 Å². The van der Waals surface area contributed by atoms with Crippen LogP contribution in [0.25, 0.3) is 0 Å². The number of nitrogens with zero attached hydrogens (tertiary/aromatic N) is 1. The lowest BCUT2D eigenvalue weighted by molar-refractivity contribution is -0.900. The van der Waals surface area contributed by atoms with E-state index < -0.39 is 5.54 Å². The molecule has 23 heavy (non-hydrogen) atoms. The first kappa shape index (κ1) is 16.7. The lowest BCUT2D eigenvalue weighted by Crippen LogP contribution is -3.09. The molecule has 3 rings (SSSR count). The number of carbonyl (C=O) groups is 2. The van der Waals surface area contributed by atoms with E-state index in [4.69, 9.17) is 11.6 Å². The number of hydrogen-bond donors (Lipinski definition) is 2. The summed E-state index contributed by atoms with van der Waals surface area (Å²) in [5.74, 6) is -0.0343. The summed E-state index contributed by atoms with van der Waals surface area (Å²) in [7, 11) is 1.99. The van der Waals surface area contributed by atoms with E-state index in [1.54, 1.807) is 11.3 Å². The molecule has 1 aromatic heterocycles. The molecule has 5 nitrogen and oxygen atoms in total. The lowest BCUT2D eigenvalue weighted by Gasteiger charge is -2.25. The smallest absolute Gasteiger partial charge is 0.323 e. The number of nitrogens with one attached hydrogen (secondary N) is 2. The molecule has 0 aromatic carbocycles. The first-order chi connectivity index (χ1) is 11.0. The molecule has 7 heteroatoms. The molecule has 1 unspecified atom stereocenters. The second-order valence-electron chi connectivity index (χ2n) is 6.66. The Labute approximate surface area is 145 Å². The largest absolute Gasteiger partial charge is 0.329 e. The van der Waals surface area contributed by atoms with Crippen molar-refractivity contribution in [2.24, 2.45) is 0 Å². The van der Waals surface area contributed by atoms with Crippen molar-refractivity contribution in [2.45, 2.75) is 50.6 Å². The Hall–Kier alpha value is -1.11. The molecule has 1 aliphatic heterocycles. The van der Waals surface area contributed by atoms with Crippen molar-refractivity contribution in [3.05, 3.63) is 21.3 Å². The van der Waals surface area contributed by atoms with E-state index in [2.05, 4.69) is 5.32 Å². The minimum Gasteiger partial charge on any atom is -0.323 e. The van der Waals surface area contributed by atoms with Crippen molar-refractivity contribution in [2.75, 3.05) is 13.7 Å². The molecule has 0 bridgehead atoms. The fourth-order valence-corrected chi connectivity index (χ4v) is 4.76. The van der Waals surface area contributed by atoms with Crippen molar-refractivity contribution in [3.8, 4) is 0 Å². The van der Waals surface area contributed by atoms with Gasteiger partial charge in [-0.3, -0.25) is 4.79 Å². The Morgan fingerprint density at radius 2 is 1.96 bits per heavy atom. The summed E-state index contributed by atoms with van der Waals surface area (Å²) in [6.07, 6.45) is 5.86. The summed E-state index contributed by atoms with van der Waals surface area (Å²) < 4.78 is 0.764. The summed E-state index contributed by atoms with van der Waals surface area (Å²) >= 11 is 7.49. The molecule has 2 heterocycles. The molecule has 2 fully saturated rings. The topological polar surface area (TPSA) is 53.9 Å². The van der Waals surface area contributed by atoms with Crippen molar-refractivity contribution >= 4 is 34.9 Å². The highest BCUT2D eigenvalue weighted by Crippen LogP contribution is 2.32. The number of thiophene rings is 1. The molecule has 1 aromatic rings. The number of imide groups is 1. The van der Waals surface area contributed by atoms with Crippen LogP contribution in [0.4, 0.5) is 4.79 Å². The van der Waals surface area contributed by atoms with Gasteiger partial charge in [-0.1, -0.05) is 37.3 Å². The van der Waals surface area contributed by atoms with Crippen LogP contribution in [0.15, 0.2) is 12.1 Å². The quantitative estimate of drug-likeness (QED) is 0.811. The van der Waals surface area contributed by atoms with Crippen molar-refractivity contribution in [1.29, 1.82) is 0 Å². The van der Waals surface area contributed by atoms with Crippen LogP contribution in [-0.4, -0.2) is 36.1 Å². The van der Waals surface area contributed by atoms with Gasteiger partial charge < -0.3 is 10.2 Å². The van der Waals surface area contributed by atoms with Gasteiger partial charge in [-0.05, 0) is 25.0 Å². The van der Waals surface area contributed by atoms with Gasteiger partial charge >= 0.3 is 6.03 Å². The molecule has 1 spiro atoms. The van der Waals surface area contributed by atoms with Crippen molar-refractivity contribution < 1.29 is 14.5 Å². The Balaban J connectivity index is 1.65. The average Bonchev–Trinajstić information content (AvgIpc) is 2.88. The summed E-state index contributed by atoms with van der Waals surface area (Å²) in [6, 6.07) is 3.64.